The Morgan fingerprint density at radius 1 is 1.24 bits per heavy atom. The largest absolute Gasteiger partial charge is 0.298 e. The molecular formula is C15H9BrClN3O. The molecule has 0 atom stereocenters. The molecule has 0 fully saturated rings. The van der Waals surface area contributed by atoms with E-state index in [-0.39, 0.29) is 0 Å². The average molecular weight is 363 g/mol. The number of halogens is 2. The van der Waals surface area contributed by atoms with Gasteiger partial charge in [-0.1, -0.05) is 39.7 Å². The zero-order valence-electron chi connectivity index (χ0n) is 10.7. The second kappa shape index (κ2) is 5.79. The Morgan fingerprint density at radius 3 is 2.76 bits per heavy atom. The van der Waals surface area contributed by atoms with Gasteiger partial charge in [0.2, 0.25) is 0 Å². The van der Waals surface area contributed by atoms with E-state index in [0.717, 1.165) is 10.8 Å². The van der Waals surface area contributed by atoms with Gasteiger partial charge in [-0.3, -0.25) is 4.79 Å². The molecule has 0 saturated carbocycles. The van der Waals surface area contributed by atoms with E-state index in [1.165, 1.54) is 0 Å². The normalized spacial score (nSPS) is 10.6. The molecule has 0 aliphatic carbocycles. The van der Waals surface area contributed by atoms with Crippen molar-refractivity contribution < 1.29 is 4.79 Å². The predicted octanol–water partition coefficient (Wildman–Crippen LogP) is 4.16. The molecule has 6 heteroatoms. The third-order valence-electron chi connectivity index (χ3n) is 2.94. The Kier molecular flexibility index (Phi) is 3.86. The number of carbonyl (C=O) groups is 1. The summed E-state index contributed by atoms with van der Waals surface area (Å²) in [6.07, 6.45) is 4.08. The van der Waals surface area contributed by atoms with E-state index in [1.807, 2.05) is 30.3 Å². The number of hydrogen-bond acceptors (Lipinski definition) is 3. The van der Waals surface area contributed by atoms with Gasteiger partial charge in [0.15, 0.2) is 12.1 Å². The van der Waals surface area contributed by atoms with Crippen LogP contribution in [0.25, 0.3) is 17.1 Å². The fourth-order valence-corrected chi connectivity index (χ4v) is 2.73. The van der Waals surface area contributed by atoms with E-state index < -0.39 is 0 Å². The number of benzene rings is 1. The third kappa shape index (κ3) is 2.75. The van der Waals surface area contributed by atoms with Crippen molar-refractivity contribution >= 4 is 33.8 Å². The SMILES string of the molecule is O=Cc1cn(-c2ccccn2)nc1-c1ccc(Br)cc1Cl. The lowest BCUT2D eigenvalue weighted by molar-refractivity contribution is 0.112. The van der Waals surface area contributed by atoms with Crippen molar-refractivity contribution in [3.8, 4) is 17.1 Å². The van der Waals surface area contributed by atoms with Crippen molar-refractivity contribution in [3.63, 3.8) is 0 Å². The van der Waals surface area contributed by atoms with E-state index in [4.69, 9.17) is 11.6 Å². The lowest BCUT2D eigenvalue weighted by Crippen LogP contribution is -1.97. The van der Waals surface area contributed by atoms with Gasteiger partial charge in [-0.15, -0.1) is 0 Å². The van der Waals surface area contributed by atoms with Gasteiger partial charge < -0.3 is 0 Å². The number of aromatic nitrogens is 3. The molecule has 4 nitrogen and oxygen atoms in total. The topological polar surface area (TPSA) is 47.8 Å². The van der Waals surface area contributed by atoms with E-state index in [2.05, 4.69) is 26.0 Å². The minimum atomic E-state index is 0.463. The molecule has 3 rings (SSSR count). The van der Waals surface area contributed by atoms with Crippen LogP contribution in [0.3, 0.4) is 0 Å². The molecule has 1 aromatic carbocycles. The number of rotatable bonds is 3. The molecular weight excluding hydrogens is 354 g/mol. The van der Waals surface area contributed by atoms with Gasteiger partial charge in [-0.2, -0.15) is 5.10 Å². The lowest BCUT2D eigenvalue weighted by Gasteiger charge is -2.02. The van der Waals surface area contributed by atoms with Crippen molar-refractivity contribution in [2.24, 2.45) is 0 Å². The number of hydrogen-bond donors (Lipinski definition) is 0. The van der Waals surface area contributed by atoms with Crippen LogP contribution in [0.2, 0.25) is 5.02 Å². The highest BCUT2D eigenvalue weighted by molar-refractivity contribution is 9.10. The fraction of sp³-hybridized carbons (Fsp3) is 0. The zero-order valence-corrected chi connectivity index (χ0v) is 13.0. The highest BCUT2D eigenvalue weighted by Gasteiger charge is 2.15. The van der Waals surface area contributed by atoms with E-state index in [0.29, 0.717) is 27.7 Å². The summed E-state index contributed by atoms with van der Waals surface area (Å²) in [5.74, 6) is 0.639. The predicted molar refractivity (Wildman–Crippen MR) is 84.9 cm³/mol. The summed E-state index contributed by atoms with van der Waals surface area (Å²) in [5, 5.41) is 4.96. The van der Waals surface area contributed by atoms with Crippen LogP contribution in [-0.2, 0) is 0 Å². The summed E-state index contributed by atoms with van der Waals surface area (Å²) in [6, 6.07) is 10.9. The molecule has 0 amide bonds. The number of carbonyl (C=O) groups excluding carboxylic acids is 1. The van der Waals surface area contributed by atoms with Crippen molar-refractivity contribution in [1.82, 2.24) is 14.8 Å². The molecule has 0 aliphatic rings. The number of pyridine rings is 1. The van der Waals surface area contributed by atoms with Crippen LogP contribution in [-0.4, -0.2) is 21.1 Å². The van der Waals surface area contributed by atoms with Crippen LogP contribution in [0.5, 0.6) is 0 Å². The summed E-state index contributed by atoms with van der Waals surface area (Å²) < 4.78 is 2.44. The van der Waals surface area contributed by atoms with Gasteiger partial charge >= 0.3 is 0 Å². The quantitative estimate of drug-likeness (QED) is 0.657. The van der Waals surface area contributed by atoms with Gasteiger partial charge in [0.25, 0.3) is 0 Å². The molecule has 0 radical (unpaired) electrons. The van der Waals surface area contributed by atoms with Gasteiger partial charge in [0.05, 0.1) is 10.6 Å². The van der Waals surface area contributed by atoms with Gasteiger partial charge in [0.1, 0.15) is 5.69 Å². The molecule has 104 valence electrons. The molecule has 21 heavy (non-hydrogen) atoms. The highest BCUT2D eigenvalue weighted by Crippen LogP contribution is 2.31. The van der Waals surface area contributed by atoms with Crippen molar-refractivity contribution in [3.05, 3.63) is 63.9 Å². The second-order valence-corrected chi connectivity index (χ2v) is 5.63. The van der Waals surface area contributed by atoms with Crippen LogP contribution >= 0.6 is 27.5 Å². The minimum absolute atomic E-state index is 0.463. The molecule has 2 heterocycles. The van der Waals surface area contributed by atoms with Gasteiger partial charge in [0, 0.05) is 22.4 Å². The van der Waals surface area contributed by atoms with Crippen molar-refractivity contribution in [2.75, 3.05) is 0 Å². The first-order chi connectivity index (χ1) is 10.2. The maximum atomic E-state index is 11.3. The van der Waals surface area contributed by atoms with Gasteiger partial charge in [-0.25, -0.2) is 9.67 Å². The molecule has 0 unspecified atom stereocenters. The number of aldehydes is 1. The Bertz CT molecular complexity index is 802. The van der Waals surface area contributed by atoms with Gasteiger partial charge in [-0.05, 0) is 24.3 Å². The summed E-state index contributed by atoms with van der Waals surface area (Å²) in [6.45, 7) is 0. The Hall–Kier alpha value is -1.98. The maximum absolute atomic E-state index is 11.3. The van der Waals surface area contributed by atoms with Crippen LogP contribution in [0, 0.1) is 0 Å². The smallest absolute Gasteiger partial charge is 0.153 e. The molecule has 0 bridgehead atoms. The van der Waals surface area contributed by atoms with Crippen LogP contribution in [0.4, 0.5) is 0 Å². The number of nitrogens with zero attached hydrogens (tertiary/aromatic N) is 3. The first-order valence-corrected chi connectivity index (χ1v) is 7.28. The Balaban J connectivity index is 2.15. The Labute approximate surface area is 134 Å². The average Bonchev–Trinajstić information content (AvgIpc) is 2.92. The van der Waals surface area contributed by atoms with Crippen LogP contribution in [0.15, 0.2) is 53.3 Å². The highest BCUT2D eigenvalue weighted by atomic mass is 79.9. The molecule has 0 saturated heterocycles. The molecule has 0 spiro atoms. The summed E-state index contributed by atoms with van der Waals surface area (Å²) in [4.78, 5) is 15.5. The second-order valence-electron chi connectivity index (χ2n) is 4.31. The monoisotopic (exact) mass is 361 g/mol. The lowest BCUT2D eigenvalue weighted by atomic mass is 10.1. The van der Waals surface area contributed by atoms with Crippen molar-refractivity contribution in [1.29, 1.82) is 0 Å². The Morgan fingerprint density at radius 2 is 2.10 bits per heavy atom. The first-order valence-electron chi connectivity index (χ1n) is 6.10. The summed E-state index contributed by atoms with van der Waals surface area (Å²) in [7, 11) is 0. The summed E-state index contributed by atoms with van der Waals surface area (Å²) in [5.41, 5.74) is 1.70. The third-order valence-corrected chi connectivity index (χ3v) is 3.75. The van der Waals surface area contributed by atoms with E-state index in [9.17, 15) is 4.79 Å². The molecule has 0 aliphatic heterocycles. The van der Waals surface area contributed by atoms with Crippen molar-refractivity contribution in [2.45, 2.75) is 0 Å². The first kappa shape index (κ1) is 14.0. The zero-order chi connectivity index (χ0) is 14.8. The standard InChI is InChI=1S/C15H9BrClN3O/c16-11-4-5-12(13(17)7-11)15-10(9-21)8-20(19-15)14-3-1-2-6-18-14/h1-9H. The molecule has 0 N–H and O–H groups in total. The summed E-state index contributed by atoms with van der Waals surface area (Å²) >= 11 is 9.59. The van der Waals surface area contributed by atoms with Crippen LogP contribution in [0.1, 0.15) is 10.4 Å². The molecule has 2 aromatic heterocycles. The fourth-order valence-electron chi connectivity index (χ4n) is 1.97. The molecule has 3 aromatic rings. The van der Waals surface area contributed by atoms with Crippen LogP contribution < -0.4 is 0 Å². The van der Waals surface area contributed by atoms with E-state index >= 15 is 0 Å². The maximum Gasteiger partial charge on any atom is 0.153 e. The van der Waals surface area contributed by atoms with E-state index in [1.54, 1.807) is 23.1 Å². The minimum Gasteiger partial charge on any atom is -0.298 e.